The number of halogens is 1. The maximum atomic E-state index is 10.3. The van der Waals surface area contributed by atoms with Gasteiger partial charge in [0.05, 0.1) is 5.38 Å². The van der Waals surface area contributed by atoms with Crippen LogP contribution in [0.4, 0.5) is 0 Å². The van der Waals surface area contributed by atoms with E-state index in [-0.39, 0.29) is 11.3 Å². The number of rotatable bonds is 2. The van der Waals surface area contributed by atoms with Gasteiger partial charge in [0, 0.05) is 5.92 Å². The van der Waals surface area contributed by atoms with Gasteiger partial charge in [-0.05, 0) is 25.8 Å². The Morgan fingerprint density at radius 2 is 2.36 bits per heavy atom. The van der Waals surface area contributed by atoms with Crippen molar-refractivity contribution in [2.24, 2.45) is 5.92 Å². The molecule has 78 valence electrons. The molecule has 2 heteroatoms. The second-order valence-electron chi connectivity index (χ2n) is 4.01. The molecule has 0 aromatic carbocycles. The van der Waals surface area contributed by atoms with Crippen LogP contribution in [0, 0.1) is 5.92 Å². The van der Waals surface area contributed by atoms with E-state index in [4.69, 9.17) is 11.6 Å². The van der Waals surface area contributed by atoms with Crippen LogP contribution >= 0.6 is 11.6 Å². The quantitative estimate of drug-likeness (QED) is 0.551. The van der Waals surface area contributed by atoms with Gasteiger partial charge in [0.2, 0.25) is 0 Å². The number of hydrogen-bond donors (Lipinski definition) is 1. The van der Waals surface area contributed by atoms with Crippen molar-refractivity contribution >= 4 is 11.6 Å². The van der Waals surface area contributed by atoms with Crippen molar-refractivity contribution in [3.8, 4) is 0 Å². The van der Waals surface area contributed by atoms with E-state index in [1.165, 1.54) is 6.08 Å². The Hall–Kier alpha value is -0.530. The van der Waals surface area contributed by atoms with E-state index in [1.54, 1.807) is 0 Å². The van der Waals surface area contributed by atoms with Crippen LogP contribution in [0.3, 0.4) is 0 Å². The van der Waals surface area contributed by atoms with Crippen molar-refractivity contribution < 1.29 is 5.11 Å². The number of aliphatic hydroxyl groups is 1. The van der Waals surface area contributed by atoms with Gasteiger partial charge in [0.15, 0.2) is 0 Å². The van der Waals surface area contributed by atoms with Crippen LogP contribution in [0.15, 0.2) is 36.5 Å². The Morgan fingerprint density at radius 3 is 2.79 bits per heavy atom. The van der Waals surface area contributed by atoms with Crippen LogP contribution in [0.1, 0.15) is 20.3 Å². The lowest BCUT2D eigenvalue weighted by Crippen LogP contribution is -2.45. The summed E-state index contributed by atoms with van der Waals surface area (Å²) in [7, 11) is 0. The van der Waals surface area contributed by atoms with E-state index in [9.17, 15) is 5.11 Å². The maximum absolute atomic E-state index is 10.3. The van der Waals surface area contributed by atoms with Gasteiger partial charge in [-0.25, -0.2) is 0 Å². The molecule has 0 radical (unpaired) electrons. The SMILES string of the molecule is C=C[C@]1(O)C(C)=CC[C@@H](C(=C)C)[C@@H]1Cl. The molecule has 0 aliphatic heterocycles. The monoisotopic (exact) mass is 212 g/mol. The molecule has 0 bridgehead atoms. The second-order valence-corrected chi connectivity index (χ2v) is 4.48. The highest BCUT2D eigenvalue weighted by molar-refractivity contribution is 6.22. The third kappa shape index (κ3) is 1.67. The van der Waals surface area contributed by atoms with Crippen LogP contribution in [0.5, 0.6) is 0 Å². The summed E-state index contributed by atoms with van der Waals surface area (Å²) in [5.74, 6) is 0.128. The Balaban J connectivity index is 3.08. The molecule has 0 aromatic heterocycles. The van der Waals surface area contributed by atoms with Gasteiger partial charge in [-0.3, -0.25) is 0 Å². The summed E-state index contributed by atoms with van der Waals surface area (Å²) in [5, 5.41) is 9.92. The zero-order chi connectivity index (χ0) is 10.9. The largest absolute Gasteiger partial charge is 0.380 e. The second kappa shape index (κ2) is 3.92. The third-order valence-electron chi connectivity index (χ3n) is 3.03. The van der Waals surface area contributed by atoms with E-state index in [0.29, 0.717) is 0 Å². The van der Waals surface area contributed by atoms with E-state index < -0.39 is 5.60 Å². The fourth-order valence-corrected chi connectivity index (χ4v) is 2.41. The first-order chi connectivity index (χ1) is 6.43. The minimum absolute atomic E-state index is 0.128. The molecule has 0 unspecified atom stereocenters. The predicted molar refractivity (Wildman–Crippen MR) is 61.5 cm³/mol. The van der Waals surface area contributed by atoms with Crippen LogP contribution in [-0.4, -0.2) is 16.1 Å². The van der Waals surface area contributed by atoms with Gasteiger partial charge in [0.1, 0.15) is 5.60 Å². The molecule has 0 fully saturated rings. The standard InChI is InChI=1S/C12H17ClO/c1-5-12(14)9(4)6-7-10(8(2)3)11(12)13/h5-6,10-11,14H,1-2,7H2,3-4H3/t10-,11-,12-/m0/s1. The van der Waals surface area contributed by atoms with Crippen LogP contribution < -0.4 is 0 Å². The molecule has 0 spiro atoms. The topological polar surface area (TPSA) is 20.2 Å². The van der Waals surface area contributed by atoms with Crippen LogP contribution in [0.2, 0.25) is 0 Å². The van der Waals surface area contributed by atoms with Crippen molar-refractivity contribution in [1.82, 2.24) is 0 Å². The summed E-state index contributed by atoms with van der Waals surface area (Å²) in [4.78, 5) is 0. The lowest BCUT2D eigenvalue weighted by Gasteiger charge is -2.39. The van der Waals surface area contributed by atoms with Crippen molar-refractivity contribution in [2.45, 2.75) is 31.2 Å². The molecular weight excluding hydrogens is 196 g/mol. The van der Waals surface area contributed by atoms with Crippen LogP contribution in [0.25, 0.3) is 0 Å². The average molecular weight is 213 g/mol. The fourth-order valence-electron chi connectivity index (χ4n) is 1.84. The summed E-state index contributed by atoms with van der Waals surface area (Å²) in [6.07, 6.45) is 4.39. The van der Waals surface area contributed by atoms with Gasteiger partial charge in [0.25, 0.3) is 0 Å². The molecule has 14 heavy (non-hydrogen) atoms. The fraction of sp³-hybridized carbons (Fsp3) is 0.500. The van der Waals surface area contributed by atoms with Gasteiger partial charge < -0.3 is 5.11 Å². The maximum Gasteiger partial charge on any atom is 0.120 e. The third-order valence-corrected chi connectivity index (χ3v) is 3.66. The van der Waals surface area contributed by atoms with Crippen molar-refractivity contribution in [3.05, 3.63) is 36.5 Å². The Bertz CT molecular complexity index is 293. The molecule has 1 aliphatic rings. The summed E-state index contributed by atoms with van der Waals surface area (Å²) in [5.41, 5.74) is 0.808. The highest BCUT2D eigenvalue weighted by atomic mass is 35.5. The highest BCUT2D eigenvalue weighted by Crippen LogP contribution is 2.40. The summed E-state index contributed by atoms with van der Waals surface area (Å²) in [6, 6.07) is 0. The number of hydrogen-bond acceptors (Lipinski definition) is 1. The molecular formula is C12H17ClO. The van der Waals surface area contributed by atoms with Gasteiger partial charge >= 0.3 is 0 Å². The minimum Gasteiger partial charge on any atom is -0.380 e. The normalized spacial score (nSPS) is 37.6. The minimum atomic E-state index is -1.08. The highest BCUT2D eigenvalue weighted by Gasteiger charge is 2.41. The molecule has 3 atom stereocenters. The van der Waals surface area contributed by atoms with Crippen molar-refractivity contribution in [2.75, 3.05) is 0 Å². The lowest BCUT2D eigenvalue weighted by molar-refractivity contribution is 0.102. The Labute approximate surface area is 90.8 Å². The smallest absolute Gasteiger partial charge is 0.120 e. The molecule has 0 heterocycles. The van der Waals surface area contributed by atoms with Gasteiger partial charge in [-0.1, -0.05) is 30.9 Å². The predicted octanol–water partition coefficient (Wildman–Crippen LogP) is 3.05. The van der Waals surface area contributed by atoms with E-state index in [0.717, 1.165) is 17.6 Å². The Kier molecular flexibility index (Phi) is 3.23. The average Bonchev–Trinajstić information content (AvgIpc) is 2.14. The lowest BCUT2D eigenvalue weighted by atomic mass is 9.75. The van der Waals surface area contributed by atoms with Gasteiger partial charge in [-0.15, -0.1) is 11.6 Å². The van der Waals surface area contributed by atoms with Crippen molar-refractivity contribution in [1.29, 1.82) is 0 Å². The molecule has 1 nitrogen and oxygen atoms in total. The van der Waals surface area contributed by atoms with E-state index >= 15 is 0 Å². The van der Waals surface area contributed by atoms with Gasteiger partial charge in [-0.2, -0.15) is 0 Å². The number of allylic oxidation sites excluding steroid dienone is 2. The van der Waals surface area contributed by atoms with E-state index in [2.05, 4.69) is 13.2 Å². The summed E-state index contributed by atoms with van der Waals surface area (Å²) < 4.78 is 0. The summed E-state index contributed by atoms with van der Waals surface area (Å²) in [6.45, 7) is 11.4. The molecule has 1 N–H and O–H groups in total. The van der Waals surface area contributed by atoms with Crippen molar-refractivity contribution in [3.63, 3.8) is 0 Å². The first-order valence-corrected chi connectivity index (χ1v) is 5.19. The first kappa shape index (κ1) is 11.5. The number of alkyl halides is 1. The molecule has 1 rings (SSSR count). The van der Waals surface area contributed by atoms with Crippen LogP contribution in [-0.2, 0) is 0 Å². The molecule has 0 aromatic rings. The first-order valence-electron chi connectivity index (χ1n) is 4.76. The zero-order valence-electron chi connectivity index (χ0n) is 8.76. The zero-order valence-corrected chi connectivity index (χ0v) is 9.51. The summed E-state index contributed by atoms with van der Waals surface area (Å²) >= 11 is 6.26. The molecule has 0 saturated heterocycles. The van der Waals surface area contributed by atoms with E-state index in [1.807, 2.05) is 19.9 Å². The Morgan fingerprint density at radius 1 is 1.79 bits per heavy atom. The molecule has 1 aliphatic carbocycles. The molecule has 0 amide bonds. The molecule has 0 saturated carbocycles.